The summed E-state index contributed by atoms with van der Waals surface area (Å²) < 4.78 is 0. The van der Waals surface area contributed by atoms with Gasteiger partial charge in [0.1, 0.15) is 0 Å². The molecule has 0 radical (unpaired) electrons. The molecule has 0 aliphatic heterocycles. The zero-order valence-electron chi connectivity index (χ0n) is 7.22. The average Bonchev–Trinajstić information content (AvgIpc) is 2.66. The van der Waals surface area contributed by atoms with Gasteiger partial charge in [-0.3, -0.25) is 0 Å². The molecule has 1 fully saturated rings. The second kappa shape index (κ2) is 2.54. The molecule has 60 valence electrons. The van der Waals surface area contributed by atoms with Crippen molar-refractivity contribution >= 4 is 0 Å². The van der Waals surface area contributed by atoms with Crippen LogP contribution in [0.2, 0.25) is 0 Å². The van der Waals surface area contributed by atoms with Gasteiger partial charge in [-0.2, -0.15) is 0 Å². The van der Waals surface area contributed by atoms with E-state index in [0.717, 1.165) is 5.92 Å². The van der Waals surface area contributed by atoms with Crippen molar-refractivity contribution in [3.05, 3.63) is 0 Å². The summed E-state index contributed by atoms with van der Waals surface area (Å²) in [5.74, 6) is 1.34. The Morgan fingerprint density at radius 1 is 1.50 bits per heavy atom. The smallest absolute Gasteiger partial charge is 0.0461 e. The number of rotatable bonds is 3. The second-order valence-electron chi connectivity index (χ2n) is 4.18. The summed E-state index contributed by atoms with van der Waals surface area (Å²) in [6, 6.07) is 0. The van der Waals surface area contributed by atoms with Gasteiger partial charge in [0.15, 0.2) is 0 Å². The summed E-state index contributed by atoms with van der Waals surface area (Å²) in [6.07, 6.45) is 2.74. The van der Waals surface area contributed by atoms with Crippen molar-refractivity contribution in [1.29, 1.82) is 0 Å². The van der Waals surface area contributed by atoms with Crippen LogP contribution in [0.15, 0.2) is 0 Å². The van der Waals surface area contributed by atoms with Crippen LogP contribution in [-0.4, -0.2) is 11.7 Å². The van der Waals surface area contributed by atoms with Crippen LogP contribution in [0.4, 0.5) is 0 Å². The molecule has 1 unspecified atom stereocenters. The van der Waals surface area contributed by atoms with Crippen molar-refractivity contribution < 1.29 is 5.11 Å². The van der Waals surface area contributed by atoms with Gasteiger partial charge in [-0.25, -0.2) is 0 Å². The molecule has 0 saturated heterocycles. The van der Waals surface area contributed by atoms with Gasteiger partial charge in [0.2, 0.25) is 0 Å². The highest BCUT2D eigenvalue weighted by molar-refractivity contribution is 4.90. The summed E-state index contributed by atoms with van der Waals surface area (Å²) in [6.45, 7) is 7.01. The first-order valence-electron chi connectivity index (χ1n) is 4.20. The SMILES string of the molecule is CC(CO)C(C)(C)C1CC1. The third kappa shape index (κ3) is 1.34. The molecule has 1 aliphatic carbocycles. The standard InChI is InChI=1S/C9H18O/c1-7(6-10)9(2,3)8-4-5-8/h7-8,10H,4-6H2,1-3H3. The second-order valence-corrected chi connectivity index (χ2v) is 4.18. The molecule has 10 heavy (non-hydrogen) atoms. The highest BCUT2D eigenvalue weighted by Crippen LogP contribution is 2.49. The maximum atomic E-state index is 8.95. The molecule has 0 aromatic carbocycles. The number of aliphatic hydroxyl groups excluding tert-OH is 1. The Morgan fingerprint density at radius 2 is 2.00 bits per heavy atom. The predicted octanol–water partition coefficient (Wildman–Crippen LogP) is 2.05. The van der Waals surface area contributed by atoms with Gasteiger partial charge in [0, 0.05) is 6.61 Å². The van der Waals surface area contributed by atoms with Crippen molar-refractivity contribution in [2.45, 2.75) is 33.6 Å². The van der Waals surface area contributed by atoms with Gasteiger partial charge < -0.3 is 5.11 Å². The van der Waals surface area contributed by atoms with E-state index in [1.807, 2.05) is 0 Å². The molecule has 0 spiro atoms. The number of aliphatic hydroxyl groups is 1. The normalized spacial score (nSPS) is 22.8. The Kier molecular flexibility index (Phi) is 2.04. The van der Waals surface area contributed by atoms with Crippen LogP contribution >= 0.6 is 0 Å². The van der Waals surface area contributed by atoms with Crippen LogP contribution < -0.4 is 0 Å². The average molecular weight is 142 g/mol. The molecule has 0 amide bonds. The predicted molar refractivity (Wildman–Crippen MR) is 42.8 cm³/mol. The fraction of sp³-hybridized carbons (Fsp3) is 1.00. The van der Waals surface area contributed by atoms with E-state index in [9.17, 15) is 0 Å². The fourth-order valence-corrected chi connectivity index (χ4v) is 1.46. The van der Waals surface area contributed by atoms with Crippen molar-refractivity contribution in [2.75, 3.05) is 6.61 Å². The van der Waals surface area contributed by atoms with Crippen molar-refractivity contribution in [1.82, 2.24) is 0 Å². The molecule has 1 rings (SSSR count). The molecule has 0 bridgehead atoms. The largest absolute Gasteiger partial charge is 0.396 e. The first-order chi connectivity index (χ1) is 4.59. The van der Waals surface area contributed by atoms with E-state index in [2.05, 4.69) is 20.8 Å². The van der Waals surface area contributed by atoms with Crippen molar-refractivity contribution in [3.63, 3.8) is 0 Å². The van der Waals surface area contributed by atoms with Gasteiger partial charge in [-0.05, 0) is 30.1 Å². The maximum absolute atomic E-state index is 8.95. The van der Waals surface area contributed by atoms with Gasteiger partial charge in [0.25, 0.3) is 0 Å². The van der Waals surface area contributed by atoms with E-state index in [1.54, 1.807) is 0 Å². The molecule has 1 nitrogen and oxygen atoms in total. The summed E-state index contributed by atoms with van der Waals surface area (Å²) in [5.41, 5.74) is 0.370. The van der Waals surface area contributed by atoms with E-state index < -0.39 is 0 Å². The minimum absolute atomic E-state index is 0.337. The summed E-state index contributed by atoms with van der Waals surface area (Å²) in [7, 11) is 0. The lowest BCUT2D eigenvalue weighted by molar-refractivity contribution is 0.111. The molecular formula is C9H18O. The van der Waals surface area contributed by atoms with Crippen LogP contribution in [0, 0.1) is 17.3 Å². The number of hydrogen-bond acceptors (Lipinski definition) is 1. The lowest BCUT2D eigenvalue weighted by Crippen LogP contribution is -2.26. The van der Waals surface area contributed by atoms with Gasteiger partial charge in [0.05, 0.1) is 0 Å². The van der Waals surface area contributed by atoms with Gasteiger partial charge in [-0.15, -0.1) is 0 Å². The van der Waals surface area contributed by atoms with Crippen LogP contribution in [0.3, 0.4) is 0 Å². The monoisotopic (exact) mass is 142 g/mol. The minimum atomic E-state index is 0.337. The number of hydrogen-bond donors (Lipinski definition) is 1. The molecule has 1 N–H and O–H groups in total. The molecule has 1 atom stereocenters. The van der Waals surface area contributed by atoms with Crippen LogP contribution in [0.25, 0.3) is 0 Å². The van der Waals surface area contributed by atoms with Crippen LogP contribution in [0.1, 0.15) is 33.6 Å². The fourth-order valence-electron chi connectivity index (χ4n) is 1.46. The molecule has 1 heteroatoms. The van der Waals surface area contributed by atoms with Crippen molar-refractivity contribution in [3.8, 4) is 0 Å². The molecule has 0 aromatic rings. The minimum Gasteiger partial charge on any atom is -0.396 e. The van der Waals surface area contributed by atoms with Crippen molar-refractivity contribution in [2.24, 2.45) is 17.3 Å². The lowest BCUT2D eigenvalue weighted by Gasteiger charge is -2.30. The van der Waals surface area contributed by atoms with Gasteiger partial charge >= 0.3 is 0 Å². The lowest BCUT2D eigenvalue weighted by atomic mass is 9.76. The Hall–Kier alpha value is -0.0400. The van der Waals surface area contributed by atoms with E-state index in [4.69, 9.17) is 5.11 Å². The third-order valence-corrected chi connectivity index (χ3v) is 3.17. The Morgan fingerprint density at radius 3 is 2.30 bits per heavy atom. The van der Waals surface area contributed by atoms with E-state index in [-0.39, 0.29) is 0 Å². The molecule has 1 aliphatic rings. The summed E-state index contributed by atoms with van der Waals surface area (Å²) in [4.78, 5) is 0. The zero-order valence-corrected chi connectivity index (χ0v) is 7.22. The molecule has 1 saturated carbocycles. The Bertz CT molecular complexity index is 114. The highest BCUT2D eigenvalue weighted by Gasteiger charge is 2.40. The first kappa shape index (κ1) is 8.06. The zero-order chi connectivity index (χ0) is 7.78. The first-order valence-corrected chi connectivity index (χ1v) is 4.20. The quantitative estimate of drug-likeness (QED) is 0.639. The Labute approximate surface area is 63.4 Å². The summed E-state index contributed by atoms with van der Waals surface area (Å²) in [5, 5.41) is 8.95. The maximum Gasteiger partial charge on any atom is 0.0461 e. The van der Waals surface area contributed by atoms with Gasteiger partial charge in [-0.1, -0.05) is 20.8 Å². The van der Waals surface area contributed by atoms with Crippen LogP contribution in [0.5, 0.6) is 0 Å². The summed E-state index contributed by atoms with van der Waals surface area (Å²) >= 11 is 0. The Balaban J connectivity index is 2.47. The van der Waals surface area contributed by atoms with E-state index >= 15 is 0 Å². The molecular weight excluding hydrogens is 124 g/mol. The molecule has 0 aromatic heterocycles. The highest BCUT2D eigenvalue weighted by atomic mass is 16.3. The van der Waals surface area contributed by atoms with Crippen LogP contribution in [-0.2, 0) is 0 Å². The third-order valence-electron chi connectivity index (χ3n) is 3.17. The topological polar surface area (TPSA) is 20.2 Å². The van der Waals surface area contributed by atoms with E-state index in [1.165, 1.54) is 12.8 Å². The van der Waals surface area contributed by atoms with E-state index in [0.29, 0.717) is 17.9 Å². The molecule has 0 heterocycles.